The van der Waals surface area contributed by atoms with Crippen LogP contribution in [0.25, 0.3) is 0 Å². The Balaban J connectivity index is 2.15. The summed E-state index contributed by atoms with van der Waals surface area (Å²) in [5.41, 5.74) is 1.11. The fourth-order valence-corrected chi connectivity index (χ4v) is 2.15. The molecule has 0 saturated carbocycles. The van der Waals surface area contributed by atoms with Gasteiger partial charge in [0, 0.05) is 6.54 Å². The monoisotopic (exact) mass is 217 g/mol. The highest BCUT2D eigenvalue weighted by molar-refractivity contribution is 5.93. The molecule has 0 spiro atoms. The van der Waals surface area contributed by atoms with E-state index >= 15 is 0 Å². The quantitative estimate of drug-likeness (QED) is 0.572. The van der Waals surface area contributed by atoms with Crippen LogP contribution in [-0.2, 0) is 9.59 Å². The van der Waals surface area contributed by atoms with Gasteiger partial charge in [-0.05, 0) is 18.9 Å². The number of hydrogen-bond acceptors (Lipinski definition) is 2. The highest BCUT2D eigenvalue weighted by atomic mass is 16.2. The Labute approximate surface area is 95.1 Å². The Morgan fingerprint density at radius 3 is 2.62 bits per heavy atom. The summed E-state index contributed by atoms with van der Waals surface area (Å²) in [5, 5.41) is 0. The summed E-state index contributed by atoms with van der Waals surface area (Å²) in [4.78, 5) is 24.3. The van der Waals surface area contributed by atoms with E-state index in [1.165, 1.54) is 0 Å². The molecule has 1 heterocycles. The van der Waals surface area contributed by atoms with Gasteiger partial charge in [0.25, 0.3) is 0 Å². The van der Waals surface area contributed by atoms with E-state index in [2.05, 4.69) is 0 Å². The second-order valence-corrected chi connectivity index (χ2v) is 4.15. The van der Waals surface area contributed by atoms with Crippen LogP contribution in [0.4, 0.5) is 0 Å². The van der Waals surface area contributed by atoms with Crippen molar-refractivity contribution in [2.45, 2.75) is 19.4 Å². The van der Waals surface area contributed by atoms with Crippen molar-refractivity contribution in [3.8, 4) is 0 Å². The van der Waals surface area contributed by atoms with Crippen molar-refractivity contribution in [1.82, 2.24) is 4.90 Å². The van der Waals surface area contributed by atoms with E-state index in [-0.39, 0.29) is 11.9 Å². The van der Waals surface area contributed by atoms with Gasteiger partial charge in [-0.2, -0.15) is 0 Å². The van der Waals surface area contributed by atoms with Gasteiger partial charge in [0.15, 0.2) is 0 Å². The maximum atomic E-state index is 11.8. The number of likely N-dealkylation sites (tertiary alicyclic amines) is 1. The Kier molecular flexibility index (Phi) is 3.04. The third kappa shape index (κ3) is 1.85. The normalized spacial score (nSPS) is 22.2. The molecule has 3 heteroatoms. The highest BCUT2D eigenvalue weighted by Gasteiger charge is 2.34. The molecular formula is C13H15NO2. The van der Waals surface area contributed by atoms with Crippen LogP contribution in [0.5, 0.6) is 0 Å². The Morgan fingerprint density at radius 2 is 2.06 bits per heavy atom. The first-order chi connectivity index (χ1) is 7.74. The zero-order valence-corrected chi connectivity index (χ0v) is 9.30. The Hall–Kier alpha value is -1.64. The molecule has 1 aliphatic heterocycles. The number of nitrogens with zero attached hydrogens (tertiary/aromatic N) is 1. The van der Waals surface area contributed by atoms with Crippen LogP contribution in [0.2, 0.25) is 0 Å². The van der Waals surface area contributed by atoms with E-state index in [0.29, 0.717) is 13.0 Å². The van der Waals surface area contributed by atoms with Gasteiger partial charge in [0.1, 0.15) is 6.29 Å². The number of aldehydes is 1. The second-order valence-electron chi connectivity index (χ2n) is 4.15. The van der Waals surface area contributed by atoms with Gasteiger partial charge in [-0.15, -0.1) is 0 Å². The minimum absolute atomic E-state index is 0.0358. The first kappa shape index (κ1) is 10.9. The standard InChI is InChI=1S/C13H15NO2/c1-10(11-5-3-2-4-6-11)14-8-7-12(9-15)13(14)16/h2-6,9-10,12H,7-8H2,1H3. The lowest BCUT2D eigenvalue weighted by molar-refractivity contribution is -0.134. The van der Waals surface area contributed by atoms with Gasteiger partial charge in [-0.1, -0.05) is 30.3 Å². The predicted octanol–water partition coefficient (Wildman–Crippen LogP) is 1.79. The Morgan fingerprint density at radius 1 is 1.38 bits per heavy atom. The number of rotatable bonds is 3. The third-order valence-electron chi connectivity index (χ3n) is 3.20. The van der Waals surface area contributed by atoms with Crippen molar-refractivity contribution >= 4 is 12.2 Å². The van der Waals surface area contributed by atoms with Gasteiger partial charge >= 0.3 is 0 Å². The minimum atomic E-state index is -0.425. The molecule has 0 radical (unpaired) electrons. The molecule has 16 heavy (non-hydrogen) atoms. The zero-order chi connectivity index (χ0) is 11.5. The van der Waals surface area contributed by atoms with E-state index in [0.717, 1.165) is 11.8 Å². The van der Waals surface area contributed by atoms with Crippen molar-refractivity contribution in [3.63, 3.8) is 0 Å². The molecule has 2 unspecified atom stereocenters. The maximum absolute atomic E-state index is 11.8. The summed E-state index contributed by atoms with van der Waals surface area (Å²) in [6.45, 7) is 2.68. The number of benzene rings is 1. The van der Waals surface area contributed by atoms with Crippen molar-refractivity contribution in [3.05, 3.63) is 35.9 Å². The van der Waals surface area contributed by atoms with Gasteiger partial charge in [-0.3, -0.25) is 4.79 Å². The summed E-state index contributed by atoms with van der Waals surface area (Å²) < 4.78 is 0. The summed E-state index contributed by atoms with van der Waals surface area (Å²) in [6.07, 6.45) is 1.42. The van der Waals surface area contributed by atoms with Crippen LogP contribution in [0.15, 0.2) is 30.3 Å². The summed E-state index contributed by atoms with van der Waals surface area (Å²) >= 11 is 0. The van der Waals surface area contributed by atoms with E-state index in [1.54, 1.807) is 4.90 Å². The van der Waals surface area contributed by atoms with Crippen LogP contribution < -0.4 is 0 Å². The number of hydrogen-bond donors (Lipinski definition) is 0. The highest BCUT2D eigenvalue weighted by Crippen LogP contribution is 2.27. The molecule has 1 aromatic rings. The molecule has 84 valence electrons. The lowest BCUT2D eigenvalue weighted by Gasteiger charge is -2.24. The molecule has 1 amide bonds. The van der Waals surface area contributed by atoms with Crippen molar-refractivity contribution in [1.29, 1.82) is 0 Å². The largest absolute Gasteiger partial charge is 0.335 e. The number of amides is 1. The molecule has 0 aromatic heterocycles. The number of carbonyl (C=O) groups is 2. The van der Waals surface area contributed by atoms with Gasteiger partial charge in [0.2, 0.25) is 5.91 Å². The third-order valence-corrected chi connectivity index (χ3v) is 3.20. The van der Waals surface area contributed by atoms with E-state index in [4.69, 9.17) is 0 Å². The SMILES string of the molecule is CC(c1ccccc1)N1CCC(C=O)C1=O. The molecule has 2 atom stereocenters. The van der Waals surface area contributed by atoms with Gasteiger partial charge < -0.3 is 9.69 Å². The molecular weight excluding hydrogens is 202 g/mol. The average Bonchev–Trinajstić information content (AvgIpc) is 2.70. The minimum Gasteiger partial charge on any atom is -0.335 e. The lowest BCUT2D eigenvalue weighted by atomic mass is 10.1. The van der Waals surface area contributed by atoms with Crippen LogP contribution in [-0.4, -0.2) is 23.6 Å². The lowest BCUT2D eigenvalue weighted by Crippen LogP contribution is -2.30. The molecule has 0 bridgehead atoms. The van der Waals surface area contributed by atoms with Crippen LogP contribution >= 0.6 is 0 Å². The summed E-state index contributed by atoms with van der Waals surface area (Å²) in [7, 11) is 0. The molecule has 0 aliphatic carbocycles. The topological polar surface area (TPSA) is 37.4 Å². The Bertz CT molecular complexity index is 388. The molecule has 1 aromatic carbocycles. The molecule has 3 nitrogen and oxygen atoms in total. The predicted molar refractivity (Wildman–Crippen MR) is 60.7 cm³/mol. The first-order valence-corrected chi connectivity index (χ1v) is 5.54. The van der Waals surface area contributed by atoms with Crippen LogP contribution in [0, 0.1) is 5.92 Å². The molecule has 0 N–H and O–H groups in total. The van der Waals surface area contributed by atoms with Gasteiger partial charge in [-0.25, -0.2) is 0 Å². The molecule has 1 aliphatic rings. The fourth-order valence-electron chi connectivity index (χ4n) is 2.15. The van der Waals surface area contributed by atoms with E-state index < -0.39 is 5.92 Å². The molecule has 1 saturated heterocycles. The number of carbonyl (C=O) groups excluding carboxylic acids is 2. The fraction of sp³-hybridized carbons (Fsp3) is 0.385. The smallest absolute Gasteiger partial charge is 0.233 e. The first-order valence-electron chi connectivity index (χ1n) is 5.54. The summed E-state index contributed by atoms with van der Waals surface area (Å²) in [5.74, 6) is -0.461. The van der Waals surface area contributed by atoms with Crippen LogP contribution in [0.3, 0.4) is 0 Å². The maximum Gasteiger partial charge on any atom is 0.233 e. The van der Waals surface area contributed by atoms with Gasteiger partial charge in [0.05, 0.1) is 12.0 Å². The zero-order valence-electron chi connectivity index (χ0n) is 9.30. The van der Waals surface area contributed by atoms with Crippen molar-refractivity contribution in [2.24, 2.45) is 5.92 Å². The molecule has 2 rings (SSSR count). The van der Waals surface area contributed by atoms with Crippen molar-refractivity contribution < 1.29 is 9.59 Å². The van der Waals surface area contributed by atoms with Crippen molar-refractivity contribution in [2.75, 3.05) is 6.54 Å². The summed E-state index contributed by atoms with van der Waals surface area (Å²) in [6, 6.07) is 9.94. The average molecular weight is 217 g/mol. The van der Waals surface area contributed by atoms with E-state index in [9.17, 15) is 9.59 Å². The second kappa shape index (κ2) is 4.47. The molecule has 1 fully saturated rings. The van der Waals surface area contributed by atoms with Crippen LogP contribution in [0.1, 0.15) is 24.9 Å². The van der Waals surface area contributed by atoms with E-state index in [1.807, 2.05) is 37.3 Å².